The van der Waals surface area contributed by atoms with Crippen molar-refractivity contribution in [2.75, 3.05) is 10.6 Å². The third-order valence-electron chi connectivity index (χ3n) is 2.96. The lowest BCUT2D eigenvalue weighted by Gasteiger charge is -2.02. The second kappa shape index (κ2) is 6.40. The van der Waals surface area contributed by atoms with Crippen LogP contribution in [-0.2, 0) is 13.5 Å². The van der Waals surface area contributed by atoms with Crippen molar-refractivity contribution in [2.45, 2.75) is 6.42 Å². The van der Waals surface area contributed by atoms with Crippen LogP contribution in [0.2, 0.25) is 0 Å². The van der Waals surface area contributed by atoms with E-state index >= 15 is 0 Å². The van der Waals surface area contributed by atoms with E-state index in [1.165, 1.54) is 16.9 Å². The molecule has 0 atom stereocenters. The Labute approximate surface area is 131 Å². The molecule has 0 aliphatic rings. The van der Waals surface area contributed by atoms with Crippen molar-refractivity contribution in [3.63, 3.8) is 0 Å². The zero-order chi connectivity index (χ0) is 15.4. The molecule has 6 nitrogen and oxygen atoms in total. The first-order valence-electron chi connectivity index (χ1n) is 6.74. The van der Waals surface area contributed by atoms with Gasteiger partial charge in [0.15, 0.2) is 5.13 Å². The standard InChI is InChI=1S/C15H15N5OS/c1-20-9-13(8-16-20)17-14(21)19-15-18-12(10-22-15)7-11-5-3-2-4-6-11/h2-6,8-10H,7H2,1H3,(H2,17,18,19,21). The zero-order valence-corrected chi connectivity index (χ0v) is 12.8. The zero-order valence-electron chi connectivity index (χ0n) is 12.0. The number of hydrogen-bond donors (Lipinski definition) is 2. The van der Waals surface area contributed by atoms with E-state index in [0.717, 1.165) is 12.1 Å². The second-order valence-corrected chi connectivity index (χ2v) is 5.65. The van der Waals surface area contributed by atoms with Crippen LogP contribution in [0.25, 0.3) is 0 Å². The topological polar surface area (TPSA) is 71.8 Å². The second-order valence-electron chi connectivity index (χ2n) is 4.79. The molecule has 0 saturated carbocycles. The maximum absolute atomic E-state index is 11.9. The summed E-state index contributed by atoms with van der Waals surface area (Å²) in [4.78, 5) is 16.3. The van der Waals surface area contributed by atoms with Crippen LogP contribution in [0.4, 0.5) is 15.6 Å². The highest BCUT2D eigenvalue weighted by atomic mass is 32.1. The first kappa shape index (κ1) is 14.3. The molecule has 7 heteroatoms. The fourth-order valence-electron chi connectivity index (χ4n) is 2.00. The molecule has 0 unspecified atom stereocenters. The average Bonchev–Trinajstić information content (AvgIpc) is 3.09. The number of benzene rings is 1. The van der Waals surface area contributed by atoms with Gasteiger partial charge in [0.05, 0.1) is 17.6 Å². The van der Waals surface area contributed by atoms with Crippen molar-refractivity contribution in [3.05, 3.63) is 59.4 Å². The van der Waals surface area contributed by atoms with E-state index in [1.54, 1.807) is 24.1 Å². The molecule has 0 bridgehead atoms. The van der Waals surface area contributed by atoms with Gasteiger partial charge in [-0.2, -0.15) is 5.10 Å². The number of rotatable bonds is 4. The Balaban J connectivity index is 1.58. The summed E-state index contributed by atoms with van der Waals surface area (Å²) in [6, 6.07) is 9.78. The molecular formula is C15H15N5OS. The first-order valence-corrected chi connectivity index (χ1v) is 7.62. The van der Waals surface area contributed by atoms with Crippen LogP contribution in [0.3, 0.4) is 0 Å². The van der Waals surface area contributed by atoms with Gasteiger partial charge >= 0.3 is 6.03 Å². The number of aromatic nitrogens is 3. The summed E-state index contributed by atoms with van der Waals surface area (Å²) in [7, 11) is 1.79. The number of nitrogens with one attached hydrogen (secondary N) is 2. The Morgan fingerprint density at radius 2 is 2.09 bits per heavy atom. The molecule has 2 N–H and O–H groups in total. The predicted octanol–water partition coefficient (Wildman–Crippen LogP) is 3.11. The van der Waals surface area contributed by atoms with Crippen molar-refractivity contribution in [2.24, 2.45) is 7.05 Å². The van der Waals surface area contributed by atoms with Gasteiger partial charge in [0.25, 0.3) is 0 Å². The van der Waals surface area contributed by atoms with Gasteiger partial charge in [-0.15, -0.1) is 11.3 Å². The van der Waals surface area contributed by atoms with Crippen LogP contribution in [0.1, 0.15) is 11.3 Å². The number of nitrogens with zero attached hydrogens (tertiary/aromatic N) is 3. The van der Waals surface area contributed by atoms with Gasteiger partial charge in [-0.05, 0) is 5.56 Å². The maximum atomic E-state index is 11.9. The molecule has 3 aromatic rings. The molecule has 0 radical (unpaired) electrons. The van der Waals surface area contributed by atoms with Crippen molar-refractivity contribution < 1.29 is 4.79 Å². The highest BCUT2D eigenvalue weighted by molar-refractivity contribution is 7.13. The third kappa shape index (κ3) is 3.70. The Morgan fingerprint density at radius 3 is 2.82 bits per heavy atom. The summed E-state index contributed by atoms with van der Waals surface area (Å²) < 4.78 is 1.62. The van der Waals surface area contributed by atoms with Crippen LogP contribution in [-0.4, -0.2) is 20.8 Å². The highest BCUT2D eigenvalue weighted by Gasteiger charge is 2.08. The molecule has 2 amide bonds. The number of carbonyl (C=O) groups is 1. The predicted molar refractivity (Wildman–Crippen MR) is 87.2 cm³/mol. The number of hydrogen-bond acceptors (Lipinski definition) is 4. The smallest absolute Gasteiger partial charge is 0.305 e. The molecule has 0 aliphatic heterocycles. The number of urea groups is 1. The molecule has 2 heterocycles. The van der Waals surface area contributed by atoms with Crippen LogP contribution >= 0.6 is 11.3 Å². The Hall–Kier alpha value is -2.67. The maximum Gasteiger partial charge on any atom is 0.325 e. The molecule has 112 valence electrons. The normalized spacial score (nSPS) is 10.4. The van der Waals surface area contributed by atoms with Crippen LogP contribution in [0.15, 0.2) is 48.1 Å². The van der Waals surface area contributed by atoms with Gasteiger partial charge in [0.2, 0.25) is 0 Å². The monoisotopic (exact) mass is 313 g/mol. The summed E-state index contributed by atoms with van der Waals surface area (Å²) in [6.07, 6.45) is 4.06. The summed E-state index contributed by atoms with van der Waals surface area (Å²) in [5, 5.41) is 11.9. The number of aryl methyl sites for hydroxylation is 1. The molecule has 22 heavy (non-hydrogen) atoms. The summed E-state index contributed by atoms with van der Waals surface area (Å²) in [5.74, 6) is 0. The van der Waals surface area contributed by atoms with E-state index in [-0.39, 0.29) is 6.03 Å². The van der Waals surface area contributed by atoms with Gasteiger partial charge < -0.3 is 5.32 Å². The molecule has 0 fully saturated rings. The molecule has 0 spiro atoms. The quantitative estimate of drug-likeness (QED) is 0.777. The van der Waals surface area contributed by atoms with E-state index in [1.807, 2.05) is 23.6 Å². The Bertz CT molecular complexity index is 765. The van der Waals surface area contributed by atoms with Gasteiger partial charge in [-0.25, -0.2) is 9.78 Å². The molecule has 0 saturated heterocycles. The third-order valence-corrected chi connectivity index (χ3v) is 3.77. The lowest BCUT2D eigenvalue weighted by atomic mass is 10.1. The molecular weight excluding hydrogens is 298 g/mol. The summed E-state index contributed by atoms with van der Waals surface area (Å²) in [5.41, 5.74) is 2.77. The van der Waals surface area contributed by atoms with E-state index in [0.29, 0.717) is 10.8 Å². The molecule has 0 aliphatic carbocycles. The largest absolute Gasteiger partial charge is 0.325 e. The number of thiazole rings is 1. The minimum Gasteiger partial charge on any atom is -0.305 e. The Morgan fingerprint density at radius 1 is 1.27 bits per heavy atom. The van der Waals surface area contributed by atoms with E-state index in [2.05, 4.69) is 32.8 Å². The highest BCUT2D eigenvalue weighted by Crippen LogP contribution is 2.18. The molecule has 1 aromatic carbocycles. The SMILES string of the molecule is Cn1cc(NC(=O)Nc2nc(Cc3ccccc3)cs2)cn1. The minimum absolute atomic E-state index is 0.325. The summed E-state index contributed by atoms with van der Waals surface area (Å²) >= 11 is 1.41. The number of carbonyl (C=O) groups excluding carboxylic acids is 1. The fourth-order valence-corrected chi connectivity index (χ4v) is 2.70. The lowest BCUT2D eigenvalue weighted by molar-refractivity contribution is 0.262. The first-order chi connectivity index (χ1) is 10.7. The molecule has 2 aromatic heterocycles. The lowest BCUT2D eigenvalue weighted by Crippen LogP contribution is -2.19. The van der Waals surface area contributed by atoms with Crippen LogP contribution in [0, 0.1) is 0 Å². The van der Waals surface area contributed by atoms with Gasteiger partial charge in [-0.3, -0.25) is 10.00 Å². The average molecular weight is 313 g/mol. The van der Waals surface area contributed by atoms with Crippen LogP contribution < -0.4 is 10.6 Å². The molecule has 3 rings (SSSR count). The van der Waals surface area contributed by atoms with Crippen molar-refractivity contribution in [1.82, 2.24) is 14.8 Å². The van der Waals surface area contributed by atoms with E-state index < -0.39 is 0 Å². The van der Waals surface area contributed by atoms with Gasteiger partial charge in [0.1, 0.15) is 0 Å². The summed E-state index contributed by atoms with van der Waals surface area (Å²) in [6.45, 7) is 0. The van der Waals surface area contributed by atoms with Gasteiger partial charge in [0, 0.05) is 25.0 Å². The van der Waals surface area contributed by atoms with Gasteiger partial charge in [-0.1, -0.05) is 30.3 Å². The van der Waals surface area contributed by atoms with E-state index in [4.69, 9.17) is 0 Å². The van der Waals surface area contributed by atoms with Crippen molar-refractivity contribution >= 4 is 28.2 Å². The fraction of sp³-hybridized carbons (Fsp3) is 0.133. The van der Waals surface area contributed by atoms with E-state index in [9.17, 15) is 4.79 Å². The minimum atomic E-state index is -0.325. The Kier molecular flexibility index (Phi) is 4.15. The number of anilines is 2. The van der Waals surface area contributed by atoms with Crippen molar-refractivity contribution in [1.29, 1.82) is 0 Å². The van der Waals surface area contributed by atoms with Crippen LogP contribution in [0.5, 0.6) is 0 Å². The van der Waals surface area contributed by atoms with Crippen molar-refractivity contribution in [3.8, 4) is 0 Å². The number of amides is 2.